The molecule has 3 rings (SSSR count). The number of hydrogen-bond acceptors (Lipinski definition) is 7. The average Bonchev–Trinajstić information content (AvgIpc) is 3.07. The van der Waals surface area contributed by atoms with Crippen molar-refractivity contribution in [1.82, 2.24) is 9.13 Å². The molecule has 0 saturated carbocycles. The zero-order chi connectivity index (χ0) is 22.0. The highest BCUT2D eigenvalue weighted by atomic mass is 32.1. The Bertz CT molecular complexity index is 1250. The lowest BCUT2D eigenvalue weighted by molar-refractivity contribution is 0.0528. The van der Waals surface area contributed by atoms with E-state index >= 15 is 0 Å². The second kappa shape index (κ2) is 8.50. The lowest BCUT2D eigenvalue weighted by Crippen LogP contribution is -2.38. The molecule has 2 aromatic heterocycles. The van der Waals surface area contributed by atoms with E-state index in [9.17, 15) is 19.5 Å². The van der Waals surface area contributed by atoms with Crippen LogP contribution in [0.1, 0.15) is 27.7 Å². The van der Waals surface area contributed by atoms with Crippen molar-refractivity contribution in [2.75, 3.05) is 6.61 Å². The van der Waals surface area contributed by atoms with Crippen LogP contribution in [0.25, 0.3) is 11.1 Å². The number of esters is 1. The van der Waals surface area contributed by atoms with Crippen molar-refractivity contribution >= 4 is 28.5 Å². The molecule has 0 unspecified atom stereocenters. The van der Waals surface area contributed by atoms with Crippen LogP contribution in [0.5, 0.6) is 5.88 Å². The van der Waals surface area contributed by atoms with Gasteiger partial charge in [0.25, 0.3) is 5.56 Å². The van der Waals surface area contributed by atoms with Crippen molar-refractivity contribution in [3.63, 3.8) is 0 Å². The molecule has 0 aliphatic carbocycles. The molecule has 0 atom stereocenters. The van der Waals surface area contributed by atoms with Gasteiger partial charge in [-0.15, -0.1) is 11.3 Å². The topological polar surface area (TPSA) is 103 Å². The highest BCUT2D eigenvalue weighted by molar-refractivity contribution is 7.16. The monoisotopic (exact) mass is 427 g/mol. The standard InChI is InChI=1S/C21H21N3O5S/c1-5-29-20(27)16-15(13-9-7-6-8-10-13)12(2)30-17(16)22-11-14-18(25)23(3)21(28)24(4)19(14)26/h6-11,25H,5H2,1-4H3. The third kappa shape index (κ3) is 3.71. The van der Waals surface area contributed by atoms with Gasteiger partial charge >= 0.3 is 11.7 Å². The highest BCUT2D eigenvalue weighted by Crippen LogP contribution is 2.41. The number of aromatic hydroxyl groups is 1. The number of benzene rings is 1. The predicted octanol–water partition coefficient (Wildman–Crippen LogP) is 2.75. The van der Waals surface area contributed by atoms with Crippen LogP contribution in [0, 0.1) is 6.92 Å². The first kappa shape index (κ1) is 21.3. The molecule has 2 heterocycles. The Balaban J connectivity index is 2.20. The van der Waals surface area contributed by atoms with Crippen LogP contribution in [-0.2, 0) is 18.8 Å². The number of ether oxygens (including phenoxy) is 1. The van der Waals surface area contributed by atoms with Crippen molar-refractivity contribution in [3.05, 3.63) is 67.2 Å². The molecule has 9 heteroatoms. The van der Waals surface area contributed by atoms with Gasteiger partial charge in [-0.1, -0.05) is 30.3 Å². The summed E-state index contributed by atoms with van der Waals surface area (Å²) in [5.41, 5.74) is 0.360. The summed E-state index contributed by atoms with van der Waals surface area (Å²) in [6.45, 7) is 3.79. The van der Waals surface area contributed by atoms with Gasteiger partial charge in [-0.25, -0.2) is 14.6 Å². The van der Waals surface area contributed by atoms with Gasteiger partial charge in [-0.3, -0.25) is 13.9 Å². The molecule has 0 radical (unpaired) electrons. The fourth-order valence-corrected chi connectivity index (χ4v) is 4.07. The summed E-state index contributed by atoms with van der Waals surface area (Å²) in [4.78, 5) is 42.2. The largest absolute Gasteiger partial charge is 0.494 e. The maximum absolute atomic E-state index is 12.7. The molecule has 0 aliphatic rings. The van der Waals surface area contributed by atoms with Gasteiger partial charge in [0.15, 0.2) is 0 Å². The summed E-state index contributed by atoms with van der Waals surface area (Å²) in [5, 5.41) is 10.6. The number of rotatable bonds is 5. The first-order chi connectivity index (χ1) is 14.3. The van der Waals surface area contributed by atoms with E-state index < -0.39 is 23.1 Å². The third-order valence-corrected chi connectivity index (χ3v) is 5.60. The normalized spacial score (nSPS) is 11.2. The average molecular weight is 427 g/mol. The summed E-state index contributed by atoms with van der Waals surface area (Å²) >= 11 is 1.27. The van der Waals surface area contributed by atoms with E-state index in [1.807, 2.05) is 37.3 Å². The Hall–Kier alpha value is -3.46. The molecular weight excluding hydrogens is 406 g/mol. The molecule has 0 fully saturated rings. The van der Waals surface area contributed by atoms with E-state index in [1.54, 1.807) is 6.92 Å². The molecule has 0 aliphatic heterocycles. The van der Waals surface area contributed by atoms with Crippen molar-refractivity contribution in [2.45, 2.75) is 13.8 Å². The lowest BCUT2D eigenvalue weighted by atomic mass is 10.0. The minimum absolute atomic E-state index is 0.151. The molecule has 8 nitrogen and oxygen atoms in total. The number of hydrogen-bond donors (Lipinski definition) is 1. The van der Waals surface area contributed by atoms with E-state index in [4.69, 9.17) is 4.74 Å². The Morgan fingerprint density at radius 3 is 2.50 bits per heavy atom. The van der Waals surface area contributed by atoms with Crippen LogP contribution in [0.3, 0.4) is 0 Å². The van der Waals surface area contributed by atoms with Gasteiger partial charge in [0, 0.05) is 30.8 Å². The second-order valence-electron chi connectivity index (χ2n) is 6.50. The SMILES string of the molecule is CCOC(=O)c1c(N=Cc2c(O)n(C)c(=O)n(C)c2=O)sc(C)c1-c1ccccc1. The lowest BCUT2D eigenvalue weighted by Gasteiger charge is -2.08. The Morgan fingerprint density at radius 2 is 1.87 bits per heavy atom. The van der Waals surface area contributed by atoms with Crippen molar-refractivity contribution in [2.24, 2.45) is 19.1 Å². The van der Waals surface area contributed by atoms with Crippen LogP contribution in [0.2, 0.25) is 0 Å². The summed E-state index contributed by atoms with van der Waals surface area (Å²) in [5.74, 6) is -1.02. The zero-order valence-corrected chi connectivity index (χ0v) is 17.8. The maximum atomic E-state index is 12.7. The summed E-state index contributed by atoms with van der Waals surface area (Å²) in [6, 6.07) is 9.40. The molecular formula is C21H21N3O5S. The summed E-state index contributed by atoms with van der Waals surface area (Å²) in [7, 11) is 2.66. The molecule has 30 heavy (non-hydrogen) atoms. The molecule has 156 valence electrons. The summed E-state index contributed by atoms with van der Waals surface area (Å²) < 4.78 is 7.06. The van der Waals surface area contributed by atoms with Gasteiger partial charge in [0.05, 0.1) is 6.61 Å². The van der Waals surface area contributed by atoms with Crippen LogP contribution < -0.4 is 11.2 Å². The quantitative estimate of drug-likeness (QED) is 0.498. The van der Waals surface area contributed by atoms with Crippen molar-refractivity contribution < 1.29 is 14.6 Å². The minimum atomic E-state index is -0.686. The highest BCUT2D eigenvalue weighted by Gasteiger charge is 2.24. The van der Waals surface area contributed by atoms with Gasteiger partial charge in [-0.05, 0) is 19.4 Å². The molecule has 1 aromatic carbocycles. The fraction of sp³-hybridized carbons (Fsp3) is 0.238. The number of nitrogens with zero attached hydrogens (tertiary/aromatic N) is 3. The second-order valence-corrected chi connectivity index (χ2v) is 7.70. The van der Waals surface area contributed by atoms with Crippen LogP contribution in [0.4, 0.5) is 5.00 Å². The number of carbonyl (C=O) groups excluding carboxylic acids is 1. The van der Waals surface area contributed by atoms with Crippen LogP contribution >= 0.6 is 11.3 Å². The number of carbonyl (C=O) groups is 1. The van der Waals surface area contributed by atoms with Crippen LogP contribution in [0.15, 0.2) is 44.9 Å². The van der Waals surface area contributed by atoms with E-state index in [-0.39, 0.29) is 12.2 Å². The predicted molar refractivity (Wildman–Crippen MR) is 116 cm³/mol. The number of aryl methyl sites for hydroxylation is 1. The van der Waals surface area contributed by atoms with E-state index in [1.165, 1.54) is 31.6 Å². The Labute approximate surface area is 176 Å². The molecule has 0 amide bonds. The minimum Gasteiger partial charge on any atom is -0.494 e. The smallest absolute Gasteiger partial charge is 0.341 e. The first-order valence-electron chi connectivity index (χ1n) is 9.16. The van der Waals surface area contributed by atoms with E-state index in [0.29, 0.717) is 16.1 Å². The van der Waals surface area contributed by atoms with Gasteiger partial charge in [0.2, 0.25) is 5.88 Å². The number of thiophene rings is 1. The molecule has 0 bridgehead atoms. The molecule has 3 aromatic rings. The van der Waals surface area contributed by atoms with Crippen molar-refractivity contribution in [3.8, 4) is 17.0 Å². The van der Waals surface area contributed by atoms with E-state index in [2.05, 4.69) is 4.99 Å². The fourth-order valence-electron chi connectivity index (χ4n) is 3.06. The zero-order valence-electron chi connectivity index (χ0n) is 17.0. The van der Waals surface area contributed by atoms with Crippen molar-refractivity contribution in [1.29, 1.82) is 0 Å². The molecule has 0 spiro atoms. The molecule has 1 N–H and O–H groups in total. The molecule has 0 saturated heterocycles. The van der Waals surface area contributed by atoms with E-state index in [0.717, 1.165) is 19.6 Å². The Kier molecular flexibility index (Phi) is 6.02. The summed E-state index contributed by atoms with van der Waals surface area (Å²) in [6.07, 6.45) is 1.17. The first-order valence-corrected chi connectivity index (χ1v) is 9.98. The third-order valence-electron chi connectivity index (χ3n) is 4.59. The maximum Gasteiger partial charge on any atom is 0.341 e. The Morgan fingerprint density at radius 1 is 1.20 bits per heavy atom. The van der Waals surface area contributed by atoms with Crippen LogP contribution in [-0.4, -0.2) is 33.0 Å². The van der Waals surface area contributed by atoms with Gasteiger partial charge in [0.1, 0.15) is 16.1 Å². The number of aliphatic imine (C=N–C) groups is 1. The van der Waals surface area contributed by atoms with Gasteiger partial charge < -0.3 is 9.84 Å². The number of aromatic nitrogens is 2. The van der Waals surface area contributed by atoms with Gasteiger partial charge in [-0.2, -0.15) is 0 Å².